The molecule has 0 aliphatic heterocycles. The first-order valence-corrected chi connectivity index (χ1v) is 6.11. The van der Waals surface area contributed by atoms with Crippen molar-refractivity contribution < 1.29 is 5.11 Å². The molecule has 3 N–H and O–H groups in total. The lowest BCUT2D eigenvalue weighted by molar-refractivity contribution is 0.171. The van der Waals surface area contributed by atoms with E-state index in [1.165, 1.54) is 0 Å². The second kappa shape index (κ2) is 6.45. The van der Waals surface area contributed by atoms with Gasteiger partial charge in [-0.05, 0) is 12.5 Å². The topological polar surface area (TPSA) is 57.2 Å². The van der Waals surface area contributed by atoms with Crippen molar-refractivity contribution in [2.45, 2.75) is 27.2 Å². The van der Waals surface area contributed by atoms with Crippen LogP contribution in [0.3, 0.4) is 0 Å². The van der Waals surface area contributed by atoms with Gasteiger partial charge in [0.15, 0.2) is 0 Å². The molecule has 96 valence electrons. The number of aromatic nitrogens is 1. The summed E-state index contributed by atoms with van der Waals surface area (Å²) < 4.78 is 0. The molecule has 4 nitrogen and oxygen atoms in total. The molecule has 1 heterocycles. The van der Waals surface area contributed by atoms with Crippen LogP contribution in [0.15, 0.2) is 18.5 Å². The van der Waals surface area contributed by atoms with Gasteiger partial charge in [-0.2, -0.15) is 0 Å². The minimum atomic E-state index is -0.118. The fraction of sp³-hybridized carbons (Fsp3) is 0.615. The zero-order valence-electron chi connectivity index (χ0n) is 11.0. The summed E-state index contributed by atoms with van der Waals surface area (Å²) in [7, 11) is 0. The molecule has 0 saturated heterocycles. The number of hydrogen-bond acceptors (Lipinski definition) is 4. The van der Waals surface area contributed by atoms with Crippen LogP contribution in [0, 0.1) is 5.41 Å². The number of hydrogen-bond donors (Lipinski definition) is 3. The van der Waals surface area contributed by atoms with Crippen LogP contribution in [0.2, 0.25) is 0 Å². The van der Waals surface area contributed by atoms with Crippen LogP contribution < -0.4 is 10.6 Å². The summed E-state index contributed by atoms with van der Waals surface area (Å²) in [6.45, 7) is 8.02. The highest BCUT2D eigenvalue weighted by atomic mass is 16.3. The number of nitrogens with zero attached hydrogens (tertiary/aromatic N) is 1. The molecule has 1 aromatic heterocycles. The molecule has 0 unspecified atom stereocenters. The molecular weight excluding hydrogens is 214 g/mol. The molecule has 4 heteroatoms. The second-order valence-electron chi connectivity index (χ2n) is 5.06. The molecule has 0 fully saturated rings. The quantitative estimate of drug-likeness (QED) is 0.681. The Labute approximate surface area is 103 Å². The van der Waals surface area contributed by atoms with Gasteiger partial charge >= 0.3 is 0 Å². The van der Waals surface area contributed by atoms with Crippen LogP contribution in [-0.4, -0.2) is 29.8 Å². The smallest absolute Gasteiger partial charge is 0.0547 e. The van der Waals surface area contributed by atoms with Crippen molar-refractivity contribution in [2.75, 3.05) is 30.3 Å². The van der Waals surface area contributed by atoms with Gasteiger partial charge < -0.3 is 15.7 Å². The highest BCUT2D eigenvalue weighted by Gasteiger charge is 2.15. The Kier molecular flexibility index (Phi) is 5.22. The Hall–Kier alpha value is -1.29. The standard InChI is InChI=1S/C13H23N3O/c1-4-5-15-11-6-12(8-14-7-11)16-9-13(2,3)10-17/h6-8,15-17H,4-5,9-10H2,1-3H3. The molecule has 0 radical (unpaired) electrons. The predicted molar refractivity (Wildman–Crippen MR) is 72.4 cm³/mol. The Morgan fingerprint density at radius 1 is 1.24 bits per heavy atom. The van der Waals surface area contributed by atoms with Crippen LogP contribution in [0.5, 0.6) is 0 Å². The Balaban J connectivity index is 2.53. The lowest BCUT2D eigenvalue weighted by Gasteiger charge is -2.22. The summed E-state index contributed by atoms with van der Waals surface area (Å²) in [6, 6.07) is 2.04. The van der Waals surface area contributed by atoms with Gasteiger partial charge in [-0.3, -0.25) is 4.98 Å². The molecule has 0 bridgehead atoms. The molecule has 0 spiro atoms. The summed E-state index contributed by atoms with van der Waals surface area (Å²) in [4.78, 5) is 4.18. The number of nitrogens with one attached hydrogen (secondary N) is 2. The number of aliphatic hydroxyl groups is 1. The zero-order valence-corrected chi connectivity index (χ0v) is 11.0. The number of pyridine rings is 1. The van der Waals surface area contributed by atoms with E-state index in [1.807, 2.05) is 26.1 Å². The Morgan fingerprint density at radius 3 is 2.47 bits per heavy atom. The fourth-order valence-corrected chi connectivity index (χ4v) is 1.30. The van der Waals surface area contributed by atoms with E-state index in [4.69, 9.17) is 0 Å². The van der Waals surface area contributed by atoms with Gasteiger partial charge in [-0.25, -0.2) is 0 Å². The Morgan fingerprint density at radius 2 is 1.88 bits per heavy atom. The number of rotatable bonds is 7. The largest absolute Gasteiger partial charge is 0.396 e. The van der Waals surface area contributed by atoms with E-state index in [1.54, 1.807) is 6.20 Å². The second-order valence-corrected chi connectivity index (χ2v) is 5.06. The summed E-state index contributed by atoms with van der Waals surface area (Å²) in [5.74, 6) is 0. The predicted octanol–water partition coefficient (Wildman–Crippen LogP) is 2.33. The first-order valence-electron chi connectivity index (χ1n) is 6.11. The van der Waals surface area contributed by atoms with Gasteiger partial charge in [0.05, 0.1) is 23.8 Å². The molecule has 0 aromatic carbocycles. The van der Waals surface area contributed by atoms with Crippen LogP contribution in [0.25, 0.3) is 0 Å². The monoisotopic (exact) mass is 237 g/mol. The average Bonchev–Trinajstić information content (AvgIpc) is 2.35. The molecule has 0 saturated carbocycles. The third-order valence-electron chi connectivity index (χ3n) is 2.52. The van der Waals surface area contributed by atoms with Gasteiger partial charge in [-0.15, -0.1) is 0 Å². The van der Waals surface area contributed by atoms with Gasteiger partial charge in [0.2, 0.25) is 0 Å². The minimum Gasteiger partial charge on any atom is -0.396 e. The molecule has 17 heavy (non-hydrogen) atoms. The minimum absolute atomic E-state index is 0.118. The first kappa shape index (κ1) is 13.8. The van der Waals surface area contributed by atoms with Crippen molar-refractivity contribution in [2.24, 2.45) is 5.41 Å². The zero-order chi connectivity index (χ0) is 12.7. The van der Waals surface area contributed by atoms with Crippen molar-refractivity contribution in [3.63, 3.8) is 0 Å². The lowest BCUT2D eigenvalue weighted by atomic mass is 9.95. The van der Waals surface area contributed by atoms with Crippen LogP contribution >= 0.6 is 0 Å². The normalized spacial score (nSPS) is 11.3. The first-order chi connectivity index (χ1) is 8.07. The summed E-state index contributed by atoms with van der Waals surface area (Å²) >= 11 is 0. The lowest BCUT2D eigenvalue weighted by Crippen LogP contribution is -2.26. The molecule has 0 atom stereocenters. The Bertz CT molecular complexity index is 339. The SMILES string of the molecule is CCCNc1cncc(NCC(C)(C)CO)c1. The van der Waals surface area contributed by atoms with E-state index in [0.717, 1.165) is 30.9 Å². The molecule has 0 aliphatic rings. The maximum Gasteiger partial charge on any atom is 0.0547 e. The van der Waals surface area contributed by atoms with Crippen molar-refractivity contribution in [1.29, 1.82) is 0 Å². The maximum absolute atomic E-state index is 9.17. The highest BCUT2D eigenvalue weighted by molar-refractivity contribution is 5.53. The van der Waals surface area contributed by atoms with Gasteiger partial charge in [0.25, 0.3) is 0 Å². The fourth-order valence-electron chi connectivity index (χ4n) is 1.30. The molecule has 1 aromatic rings. The summed E-state index contributed by atoms with van der Waals surface area (Å²) in [5.41, 5.74) is 1.89. The van der Waals surface area contributed by atoms with Gasteiger partial charge in [0.1, 0.15) is 0 Å². The van der Waals surface area contributed by atoms with E-state index < -0.39 is 0 Å². The summed E-state index contributed by atoms with van der Waals surface area (Å²) in [6.07, 6.45) is 4.71. The van der Waals surface area contributed by atoms with Crippen molar-refractivity contribution in [3.8, 4) is 0 Å². The third kappa shape index (κ3) is 5.04. The highest BCUT2D eigenvalue weighted by Crippen LogP contribution is 2.17. The van der Waals surface area contributed by atoms with Crippen molar-refractivity contribution in [3.05, 3.63) is 18.5 Å². The molecule has 0 aliphatic carbocycles. The number of aliphatic hydroxyl groups excluding tert-OH is 1. The third-order valence-corrected chi connectivity index (χ3v) is 2.52. The van der Waals surface area contributed by atoms with E-state index >= 15 is 0 Å². The van der Waals surface area contributed by atoms with Crippen molar-refractivity contribution in [1.82, 2.24) is 4.98 Å². The molecular formula is C13H23N3O. The molecule has 0 amide bonds. The number of anilines is 2. The van der Waals surface area contributed by atoms with E-state index in [2.05, 4.69) is 22.5 Å². The summed E-state index contributed by atoms with van der Waals surface area (Å²) in [5, 5.41) is 15.8. The van der Waals surface area contributed by atoms with Gasteiger partial charge in [0, 0.05) is 25.1 Å². The van der Waals surface area contributed by atoms with Gasteiger partial charge in [-0.1, -0.05) is 20.8 Å². The average molecular weight is 237 g/mol. The maximum atomic E-state index is 9.17. The van der Waals surface area contributed by atoms with Crippen LogP contribution in [-0.2, 0) is 0 Å². The van der Waals surface area contributed by atoms with E-state index in [-0.39, 0.29) is 12.0 Å². The van der Waals surface area contributed by atoms with E-state index in [9.17, 15) is 5.11 Å². The van der Waals surface area contributed by atoms with E-state index in [0.29, 0.717) is 0 Å². The van der Waals surface area contributed by atoms with Crippen LogP contribution in [0.1, 0.15) is 27.2 Å². The van der Waals surface area contributed by atoms with Crippen molar-refractivity contribution >= 4 is 11.4 Å². The molecule has 1 rings (SSSR count). The van der Waals surface area contributed by atoms with Crippen LogP contribution in [0.4, 0.5) is 11.4 Å².